The molecule has 6 heteroatoms. The van der Waals surface area contributed by atoms with E-state index in [0.29, 0.717) is 17.7 Å². The second-order valence-corrected chi connectivity index (χ2v) is 11.3. The van der Waals surface area contributed by atoms with Crippen LogP contribution in [-0.4, -0.2) is 27.7 Å². The topological polar surface area (TPSA) is 80.6 Å². The van der Waals surface area contributed by atoms with Crippen LogP contribution in [0, 0.1) is 6.92 Å². The molecule has 3 aromatic carbocycles. The number of carboxylic acids is 1. The molecule has 0 bridgehead atoms. The number of carboxylic acid groups (broad SMARTS) is 1. The summed E-state index contributed by atoms with van der Waals surface area (Å²) in [6.45, 7) is 12.2. The zero-order valence-electron chi connectivity index (χ0n) is 23.8. The lowest BCUT2D eigenvalue weighted by Crippen LogP contribution is -2.26. The van der Waals surface area contributed by atoms with Crippen LogP contribution in [0.4, 0.5) is 0 Å². The van der Waals surface area contributed by atoms with Gasteiger partial charge in [-0.2, -0.15) is 0 Å². The lowest BCUT2D eigenvalue weighted by Gasteiger charge is -2.20. The average molecular weight is 527 g/mol. The predicted octanol–water partition coefficient (Wildman–Crippen LogP) is 6.72. The smallest absolute Gasteiger partial charge is 0.344 e. The van der Waals surface area contributed by atoms with Gasteiger partial charge < -0.3 is 19.7 Å². The first-order valence-electron chi connectivity index (χ1n) is 13.3. The molecule has 1 amide bonds. The van der Waals surface area contributed by atoms with Crippen molar-refractivity contribution in [1.29, 1.82) is 0 Å². The highest BCUT2D eigenvalue weighted by Gasteiger charge is 2.19. The minimum Gasteiger partial charge on any atom is -0.479 e. The molecule has 0 aliphatic carbocycles. The minimum atomic E-state index is -1.00. The van der Waals surface area contributed by atoms with Gasteiger partial charge in [0.25, 0.3) is 5.91 Å². The van der Waals surface area contributed by atoms with Crippen molar-refractivity contribution in [1.82, 2.24) is 9.88 Å². The summed E-state index contributed by atoms with van der Waals surface area (Å²) in [7, 11) is 2.01. The van der Waals surface area contributed by atoms with Gasteiger partial charge in [0.05, 0.1) is 6.04 Å². The minimum absolute atomic E-state index is 0.0853. The van der Waals surface area contributed by atoms with Gasteiger partial charge in [-0.3, -0.25) is 4.79 Å². The fourth-order valence-corrected chi connectivity index (χ4v) is 4.83. The molecule has 2 N–H and O–H groups in total. The van der Waals surface area contributed by atoms with Crippen molar-refractivity contribution in [2.75, 3.05) is 0 Å². The number of carbonyl (C=O) groups excluding carboxylic acids is 1. The maximum Gasteiger partial charge on any atom is 0.344 e. The van der Waals surface area contributed by atoms with E-state index < -0.39 is 12.1 Å². The van der Waals surface area contributed by atoms with Crippen LogP contribution in [0.5, 0.6) is 5.75 Å². The van der Waals surface area contributed by atoms with Crippen LogP contribution in [0.1, 0.15) is 79.0 Å². The Kier molecular flexibility index (Phi) is 7.86. The van der Waals surface area contributed by atoms with Gasteiger partial charge in [-0.05, 0) is 79.1 Å². The third-order valence-electron chi connectivity index (χ3n) is 7.45. The van der Waals surface area contributed by atoms with E-state index in [-0.39, 0.29) is 17.4 Å². The number of aromatic nitrogens is 1. The van der Waals surface area contributed by atoms with Crippen LogP contribution in [0.15, 0.2) is 66.7 Å². The molecule has 39 heavy (non-hydrogen) atoms. The fourth-order valence-electron chi connectivity index (χ4n) is 4.83. The summed E-state index contributed by atoms with van der Waals surface area (Å²) >= 11 is 0. The molecular weight excluding hydrogens is 488 g/mol. The van der Waals surface area contributed by atoms with Crippen molar-refractivity contribution in [3.05, 3.63) is 100 Å². The van der Waals surface area contributed by atoms with Gasteiger partial charge in [0, 0.05) is 29.2 Å². The van der Waals surface area contributed by atoms with Gasteiger partial charge in [0.15, 0.2) is 6.10 Å². The third-order valence-corrected chi connectivity index (χ3v) is 7.45. The maximum atomic E-state index is 13.2. The largest absolute Gasteiger partial charge is 0.479 e. The van der Waals surface area contributed by atoms with Gasteiger partial charge >= 0.3 is 5.97 Å². The van der Waals surface area contributed by atoms with E-state index in [1.165, 1.54) is 12.5 Å². The molecule has 1 heterocycles. The van der Waals surface area contributed by atoms with Crippen molar-refractivity contribution in [2.24, 2.45) is 7.05 Å². The molecule has 1 aromatic heterocycles. The molecule has 2 atom stereocenters. The molecule has 0 aliphatic heterocycles. The number of hydrogen-bond donors (Lipinski definition) is 2. The Bertz CT molecular complexity index is 1510. The number of nitrogens with zero attached hydrogens (tertiary/aromatic N) is 1. The SMILES string of the molecule is Cc1c(Cc2cccc(OC(C)C(=O)O)c2)c2ccc(C(=O)N[C@@H](C)c3ccc(C(C)(C)C)cc3)cc2n1C. The molecule has 1 unspecified atom stereocenters. The average Bonchev–Trinajstić information content (AvgIpc) is 3.12. The fraction of sp³-hybridized carbons (Fsp3) is 0.333. The monoisotopic (exact) mass is 526 g/mol. The highest BCUT2D eigenvalue weighted by molar-refractivity contribution is 5.99. The van der Waals surface area contributed by atoms with Crippen LogP contribution < -0.4 is 10.1 Å². The Balaban J connectivity index is 1.54. The molecule has 0 aliphatic rings. The standard InChI is InChI=1S/C33H38N2O4/c1-20(24-11-14-26(15-12-24)33(4,5)6)34-31(36)25-13-16-28-29(21(2)35(7)30(28)19-25)18-23-9-8-10-27(17-23)39-22(3)32(37)38/h8-17,19-20,22H,18H2,1-7H3,(H,34,36)(H,37,38)/t20-,22?/m0/s1. The molecule has 0 radical (unpaired) electrons. The first kappa shape index (κ1) is 28.0. The summed E-state index contributed by atoms with van der Waals surface area (Å²) in [5.41, 5.74) is 7.32. The first-order valence-corrected chi connectivity index (χ1v) is 13.3. The number of benzene rings is 3. The zero-order chi connectivity index (χ0) is 28.5. The molecule has 6 nitrogen and oxygen atoms in total. The number of rotatable bonds is 8. The van der Waals surface area contributed by atoms with Crippen molar-refractivity contribution in [3.63, 3.8) is 0 Å². The molecule has 4 rings (SSSR count). The highest BCUT2D eigenvalue weighted by atomic mass is 16.5. The summed E-state index contributed by atoms with van der Waals surface area (Å²) < 4.78 is 7.67. The number of carbonyl (C=O) groups is 2. The van der Waals surface area contributed by atoms with Gasteiger partial charge in [0.1, 0.15) is 5.75 Å². The van der Waals surface area contributed by atoms with E-state index in [4.69, 9.17) is 9.84 Å². The summed E-state index contributed by atoms with van der Waals surface area (Å²) in [5.74, 6) is -0.582. The predicted molar refractivity (Wildman–Crippen MR) is 156 cm³/mol. The van der Waals surface area contributed by atoms with Gasteiger partial charge in [-0.1, -0.05) is 63.2 Å². The maximum absolute atomic E-state index is 13.2. The molecule has 0 fully saturated rings. The lowest BCUT2D eigenvalue weighted by molar-refractivity contribution is -0.144. The van der Waals surface area contributed by atoms with E-state index >= 15 is 0 Å². The Morgan fingerprint density at radius 2 is 1.69 bits per heavy atom. The molecular formula is C33H38N2O4. The van der Waals surface area contributed by atoms with E-state index in [2.05, 4.69) is 61.8 Å². The normalized spacial score (nSPS) is 13.2. The number of hydrogen-bond acceptors (Lipinski definition) is 3. The van der Waals surface area contributed by atoms with Crippen LogP contribution in [0.2, 0.25) is 0 Å². The Labute approximate surface area is 230 Å². The van der Waals surface area contributed by atoms with Gasteiger partial charge in [-0.25, -0.2) is 4.79 Å². The summed E-state index contributed by atoms with van der Waals surface area (Å²) in [6, 6.07) is 21.7. The molecule has 0 saturated carbocycles. The number of ether oxygens (including phenoxy) is 1. The van der Waals surface area contributed by atoms with E-state index in [1.54, 1.807) is 6.07 Å². The second kappa shape index (κ2) is 11.0. The van der Waals surface area contributed by atoms with Crippen LogP contribution in [-0.2, 0) is 23.7 Å². The second-order valence-electron chi connectivity index (χ2n) is 11.3. The molecule has 204 valence electrons. The Morgan fingerprint density at radius 3 is 2.33 bits per heavy atom. The molecule has 0 spiro atoms. The number of aliphatic carboxylic acids is 1. The first-order chi connectivity index (χ1) is 18.3. The van der Waals surface area contributed by atoms with Crippen molar-refractivity contribution < 1.29 is 19.4 Å². The summed E-state index contributed by atoms with van der Waals surface area (Å²) in [6.07, 6.45) is -0.260. The third kappa shape index (κ3) is 6.17. The highest BCUT2D eigenvalue weighted by Crippen LogP contribution is 2.30. The van der Waals surface area contributed by atoms with Gasteiger partial charge in [-0.15, -0.1) is 0 Å². The van der Waals surface area contributed by atoms with Crippen LogP contribution >= 0.6 is 0 Å². The summed E-state index contributed by atoms with van der Waals surface area (Å²) in [5, 5.41) is 13.4. The Hall–Kier alpha value is -4.06. The van der Waals surface area contributed by atoms with E-state index in [1.807, 2.05) is 50.4 Å². The summed E-state index contributed by atoms with van der Waals surface area (Å²) in [4.78, 5) is 24.4. The molecule has 4 aromatic rings. The number of nitrogens with one attached hydrogen (secondary N) is 1. The lowest BCUT2D eigenvalue weighted by atomic mass is 9.86. The van der Waals surface area contributed by atoms with Crippen molar-refractivity contribution >= 4 is 22.8 Å². The van der Waals surface area contributed by atoms with E-state index in [9.17, 15) is 9.59 Å². The van der Waals surface area contributed by atoms with Gasteiger partial charge in [0.2, 0.25) is 0 Å². The van der Waals surface area contributed by atoms with Crippen LogP contribution in [0.25, 0.3) is 10.9 Å². The van der Waals surface area contributed by atoms with Crippen LogP contribution in [0.3, 0.4) is 0 Å². The van der Waals surface area contributed by atoms with Crippen molar-refractivity contribution in [2.45, 2.75) is 65.5 Å². The van der Waals surface area contributed by atoms with E-state index in [0.717, 1.165) is 33.3 Å². The number of amides is 1. The number of aryl methyl sites for hydroxylation is 1. The number of fused-ring (bicyclic) bond motifs is 1. The zero-order valence-corrected chi connectivity index (χ0v) is 23.8. The van der Waals surface area contributed by atoms with Crippen molar-refractivity contribution in [3.8, 4) is 5.75 Å². The Morgan fingerprint density at radius 1 is 1.00 bits per heavy atom. The quantitative estimate of drug-likeness (QED) is 0.267. The molecule has 0 saturated heterocycles.